The van der Waals surface area contributed by atoms with Crippen LogP contribution >= 0.6 is 0 Å². The number of nitrogens with one attached hydrogen (secondary N) is 3. The van der Waals surface area contributed by atoms with E-state index in [2.05, 4.69) is 26.4 Å². The molecule has 5 heteroatoms. The standard InChI is InChI=1S/C6H9N5.H2/c1-2-5-7-3-4-6(8-5)10-11-9-4;/h3,9,11H,2H2,1H3,(H,7,8,10);1H. The fourth-order valence-electron chi connectivity index (χ4n) is 0.933. The molecule has 0 atom stereocenters. The van der Waals surface area contributed by atoms with E-state index < -0.39 is 0 Å². The summed E-state index contributed by atoms with van der Waals surface area (Å²) in [5.74, 6) is 1.67. The SMILES string of the molecule is CCc1ncc2c(n1)NNN2.[HH]. The number of aryl methyl sites for hydroxylation is 1. The Morgan fingerprint density at radius 1 is 1.55 bits per heavy atom. The van der Waals surface area contributed by atoms with Gasteiger partial charge in [0.25, 0.3) is 0 Å². The third-order valence-corrected chi connectivity index (χ3v) is 1.53. The number of aromatic nitrogens is 2. The second kappa shape index (κ2) is 2.35. The molecule has 0 amide bonds. The van der Waals surface area contributed by atoms with Crippen molar-refractivity contribution in [3.05, 3.63) is 12.0 Å². The molecule has 0 spiro atoms. The van der Waals surface area contributed by atoms with Crippen LogP contribution in [-0.2, 0) is 6.42 Å². The minimum atomic E-state index is 0. The van der Waals surface area contributed by atoms with Gasteiger partial charge < -0.3 is 0 Å². The number of fused-ring (bicyclic) bond motifs is 1. The van der Waals surface area contributed by atoms with Gasteiger partial charge in [0.2, 0.25) is 0 Å². The number of nitrogens with zero attached hydrogens (tertiary/aromatic N) is 2. The molecule has 3 N–H and O–H groups in total. The van der Waals surface area contributed by atoms with Crippen LogP contribution in [0, 0.1) is 0 Å². The molecule has 0 unspecified atom stereocenters. The third-order valence-electron chi connectivity index (χ3n) is 1.53. The molecule has 1 aromatic rings. The third kappa shape index (κ3) is 0.988. The average Bonchev–Trinajstić information content (AvgIpc) is 2.50. The molecular formula is C6H11N5. The minimum absolute atomic E-state index is 0. The van der Waals surface area contributed by atoms with Crippen molar-refractivity contribution in [3.8, 4) is 0 Å². The Morgan fingerprint density at radius 2 is 2.45 bits per heavy atom. The van der Waals surface area contributed by atoms with Crippen molar-refractivity contribution in [1.82, 2.24) is 15.5 Å². The quantitative estimate of drug-likeness (QED) is 0.549. The summed E-state index contributed by atoms with van der Waals surface area (Å²) in [7, 11) is 0. The number of hydrazine groups is 2. The van der Waals surface area contributed by atoms with Gasteiger partial charge in [-0.2, -0.15) is 0 Å². The second-order valence-electron chi connectivity index (χ2n) is 2.28. The summed E-state index contributed by atoms with van der Waals surface area (Å²) < 4.78 is 0. The van der Waals surface area contributed by atoms with Crippen LogP contribution in [-0.4, -0.2) is 9.97 Å². The first-order chi connectivity index (χ1) is 5.40. The largest absolute Gasteiger partial charge is 0.299 e. The highest BCUT2D eigenvalue weighted by atomic mass is 15.6. The molecule has 1 aliphatic rings. The van der Waals surface area contributed by atoms with Crippen molar-refractivity contribution in [1.29, 1.82) is 0 Å². The summed E-state index contributed by atoms with van der Waals surface area (Å²) in [6.07, 6.45) is 2.61. The van der Waals surface area contributed by atoms with Crippen molar-refractivity contribution in [3.63, 3.8) is 0 Å². The first kappa shape index (κ1) is 6.36. The Bertz CT molecular complexity index is 277. The van der Waals surface area contributed by atoms with E-state index in [1.165, 1.54) is 0 Å². The lowest BCUT2D eigenvalue weighted by atomic mass is 10.4. The molecule has 0 bridgehead atoms. The van der Waals surface area contributed by atoms with E-state index >= 15 is 0 Å². The van der Waals surface area contributed by atoms with Gasteiger partial charge in [-0.1, -0.05) is 6.92 Å². The predicted molar refractivity (Wildman–Crippen MR) is 43.9 cm³/mol. The molecular weight excluding hydrogens is 142 g/mol. The number of anilines is 2. The van der Waals surface area contributed by atoms with Gasteiger partial charge in [-0.25, -0.2) is 9.97 Å². The zero-order chi connectivity index (χ0) is 7.68. The van der Waals surface area contributed by atoms with Gasteiger partial charge >= 0.3 is 0 Å². The molecule has 0 aromatic carbocycles. The molecule has 5 nitrogen and oxygen atoms in total. The molecule has 1 aliphatic heterocycles. The minimum Gasteiger partial charge on any atom is -0.299 e. The summed E-state index contributed by atoms with van der Waals surface area (Å²) in [4.78, 5) is 8.34. The fourth-order valence-corrected chi connectivity index (χ4v) is 0.933. The Morgan fingerprint density at radius 3 is 3.27 bits per heavy atom. The van der Waals surface area contributed by atoms with Crippen LogP contribution in [0.2, 0.25) is 0 Å². The highest BCUT2D eigenvalue weighted by molar-refractivity contribution is 5.65. The van der Waals surface area contributed by atoms with E-state index in [1.54, 1.807) is 6.20 Å². The monoisotopic (exact) mass is 153 g/mol. The van der Waals surface area contributed by atoms with Crippen LogP contribution < -0.4 is 16.4 Å². The maximum atomic E-state index is 4.22. The van der Waals surface area contributed by atoms with E-state index in [9.17, 15) is 0 Å². The van der Waals surface area contributed by atoms with E-state index in [-0.39, 0.29) is 1.43 Å². The van der Waals surface area contributed by atoms with Gasteiger partial charge in [0.1, 0.15) is 11.5 Å². The molecule has 0 aliphatic carbocycles. The molecule has 2 rings (SSSR count). The molecule has 11 heavy (non-hydrogen) atoms. The van der Waals surface area contributed by atoms with Gasteiger partial charge in [-0.15, -0.1) is 5.53 Å². The van der Waals surface area contributed by atoms with E-state index in [1.807, 2.05) is 6.92 Å². The highest BCUT2D eigenvalue weighted by Gasteiger charge is 2.10. The number of rotatable bonds is 1. The summed E-state index contributed by atoms with van der Waals surface area (Å²) in [5, 5.41) is 0. The Kier molecular flexibility index (Phi) is 1.36. The molecule has 1 aromatic heterocycles. The van der Waals surface area contributed by atoms with Crippen LogP contribution in [0.3, 0.4) is 0 Å². The average molecular weight is 153 g/mol. The molecule has 0 fully saturated rings. The normalized spacial score (nSPS) is 13.5. The lowest BCUT2D eigenvalue weighted by Crippen LogP contribution is -2.19. The van der Waals surface area contributed by atoms with Crippen molar-refractivity contribution in [2.45, 2.75) is 13.3 Å². The van der Waals surface area contributed by atoms with Gasteiger partial charge in [0, 0.05) is 7.85 Å². The van der Waals surface area contributed by atoms with Crippen molar-refractivity contribution < 1.29 is 1.43 Å². The van der Waals surface area contributed by atoms with E-state index in [0.29, 0.717) is 0 Å². The molecule has 2 heterocycles. The van der Waals surface area contributed by atoms with Gasteiger partial charge in [0.05, 0.1) is 6.20 Å². The second-order valence-corrected chi connectivity index (χ2v) is 2.28. The zero-order valence-electron chi connectivity index (χ0n) is 6.18. The number of hydrogen-bond donors (Lipinski definition) is 3. The van der Waals surface area contributed by atoms with Gasteiger partial charge in [-0.3, -0.25) is 10.9 Å². The van der Waals surface area contributed by atoms with Gasteiger partial charge in [-0.05, 0) is 0 Å². The van der Waals surface area contributed by atoms with Crippen LogP contribution in [0.15, 0.2) is 6.20 Å². The van der Waals surface area contributed by atoms with Crippen LogP contribution in [0.5, 0.6) is 0 Å². The maximum absolute atomic E-state index is 4.22. The lowest BCUT2D eigenvalue weighted by Gasteiger charge is -1.97. The number of hydrogen-bond acceptors (Lipinski definition) is 5. The summed E-state index contributed by atoms with van der Waals surface area (Å²) in [5.41, 5.74) is 9.36. The maximum Gasteiger partial charge on any atom is 0.170 e. The summed E-state index contributed by atoms with van der Waals surface area (Å²) in [6.45, 7) is 2.03. The first-order valence-corrected chi connectivity index (χ1v) is 3.53. The fraction of sp³-hybridized carbons (Fsp3) is 0.333. The Labute approximate surface area is 65.7 Å². The molecule has 60 valence electrons. The van der Waals surface area contributed by atoms with Crippen molar-refractivity contribution in [2.75, 3.05) is 10.9 Å². The summed E-state index contributed by atoms with van der Waals surface area (Å²) in [6, 6.07) is 0. The van der Waals surface area contributed by atoms with E-state index in [4.69, 9.17) is 0 Å². The predicted octanol–water partition coefficient (Wildman–Crippen LogP) is 0.542. The van der Waals surface area contributed by atoms with Crippen molar-refractivity contribution >= 4 is 11.5 Å². The van der Waals surface area contributed by atoms with Crippen LogP contribution in [0.1, 0.15) is 14.2 Å². The topological polar surface area (TPSA) is 61.9 Å². The lowest BCUT2D eigenvalue weighted by molar-refractivity contribution is 0.942. The van der Waals surface area contributed by atoms with E-state index in [0.717, 1.165) is 23.8 Å². The Hall–Kier alpha value is -1.36. The first-order valence-electron chi connectivity index (χ1n) is 3.53. The van der Waals surface area contributed by atoms with Crippen LogP contribution in [0.25, 0.3) is 0 Å². The molecule has 0 saturated carbocycles. The zero-order valence-corrected chi connectivity index (χ0v) is 6.18. The Balaban J connectivity index is 0.000000720. The summed E-state index contributed by atoms with van der Waals surface area (Å²) >= 11 is 0. The molecule has 0 saturated heterocycles. The smallest absolute Gasteiger partial charge is 0.170 e. The van der Waals surface area contributed by atoms with Crippen molar-refractivity contribution in [2.24, 2.45) is 0 Å². The van der Waals surface area contributed by atoms with Crippen LogP contribution in [0.4, 0.5) is 11.5 Å². The van der Waals surface area contributed by atoms with Gasteiger partial charge in [0.15, 0.2) is 5.82 Å². The highest BCUT2D eigenvalue weighted by Crippen LogP contribution is 2.19. The molecule has 0 radical (unpaired) electrons.